The molecule has 6 heteroatoms. The first-order chi connectivity index (χ1) is 34.5. The number of unbranched alkanes of at least 4 members (excludes halogenated alkanes) is 34. The van der Waals surface area contributed by atoms with E-state index in [1.165, 1.54) is 199 Å². The summed E-state index contributed by atoms with van der Waals surface area (Å²) < 4.78 is 16.9. The first-order valence-electron chi connectivity index (χ1n) is 30.3. The molecule has 6 nitrogen and oxygen atoms in total. The van der Waals surface area contributed by atoms with Crippen molar-refractivity contribution in [2.24, 2.45) is 0 Å². The van der Waals surface area contributed by atoms with E-state index in [0.717, 1.165) is 64.2 Å². The van der Waals surface area contributed by atoms with Crippen molar-refractivity contribution in [3.63, 3.8) is 0 Å². The predicted molar refractivity (Wildman–Crippen MR) is 302 cm³/mol. The fourth-order valence-electron chi connectivity index (χ4n) is 8.67. The van der Waals surface area contributed by atoms with Crippen LogP contribution in [-0.2, 0) is 28.6 Å². The molecule has 0 aliphatic rings. The summed E-state index contributed by atoms with van der Waals surface area (Å²) in [5, 5.41) is 0. The quantitative estimate of drug-likeness (QED) is 0.0261. The van der Waals surface area contributed by atoms with Crippen molar-refractivity contribution in [1.82, 2.24) is 0 Å². The molecular weight excluding hydrogens is 865 g/mol. The van der Waals surface area contributed by atoms with Crippen LogP contribution in [0.25, 0.3) is 0 Å². The van der Waals surface area contributed by atoms with Crippen LogP contribution in [0.2, 0.25) is 0 Å². The molecule has 0 radical (unpaired) electrons. The Morgan fingerprint density at radius 3 is 0.886 bits per heavy atom. The molecule has 406 valence electrons. The third-order valence-electron chi connectivity index (χ3n) is 13.2. The highest BCUT2D eigenvalue weighted by atomic mass is 16.6. The molecule has 0 aromatic carbocycles. The van der Waals surface area contributed by atoms with Crippen molar-refractivity contribution in [3.05, 3.63) is 60.8 Å². The molecule has 0 saturated carbocycles. The molecule has 0 aromatic rings. The summed E-state index contributed by atoms with van der Waals surface area (Å²) in [4.78, 5) is 38.2. The maximum atomic E-state index is 12.8. The Balaban J connectivity index is 4.43. The van der Waals surface area contributed by atoms with Gasteiger partial charge in [0.1, 0.15) is 13.2 Å². The number of hydrogen-bond acceptors (Lipinski definition) is 6. The van der Waals surface area contributed by atoms with Crippen molar-refractivity contribution in [2.75, 3.05) is 13.2 Å². The molecule has 0 unspecified atom stereocenters. The smallest absolute Gasteiger partial charge is 0.306 e. The normalized spacial score (nSPS) is 12.4. The van der Waals surface area contributed by atoms with E-state index in [1.807, 2.05) is 0 Å². The van der Waals surface area contributed by atoms with Gasteiger partial charge in [0.05, 0.1) is 0 Å². The van der Waals surface area contributed by atoms with Crippen LogP contribution in [0.3, 0.4) is 0 Å². The zero-order valence-electron chi connectivity index (χ0n) is 46.5. The molecule has 0 rings (SSSR count). The first kappa shape index (κ1) is 67.1. The SMILES string of the molecule is CCCCC/C=C\C/C=C\C/C=C\C/C=C\CCCC(=O)O[C@@H](COC(=O)CCCCCCCCC/C=C\CCCCCCCCCC)COC(=O)CCCCCCCCCCCCCCCCCC. The second-order valence-corrected chi connectivity index (χ2v) is 20.3. The molecule has 0 spiro atoms. The number of ether oxygens (including phenoxy) is 3. The van der Waals surface area contributed by atoms with Crippen LogP contribution in [0.1, 0.15) is 310 Å². The molecule has 1 atom stereocenters. The molecule has 0 fully saturated rings. The maximum Gasteiger partial charge on any atom is 0.306 e. The summed E-state index contributed by atoms with van der Waals surface area (Å²) in [6.45, 7) is 6.60. The fourth-order valence-corrected chi connectivity index (χ4v) is 8.67. The van der Waals surface area contributed by atoms with Gasteiger partial charge in [-0.15, -0.1) is 0 Å². The number of carbonyl (C=O) groups is 3. The zero-order valence-corrected chi connectivity index (χ0v) is 46.5. The average Bonchev–Trinajstić information content (AvgIpc) is 3.36. The molecule has 0 aromatic heterocycles. The molecule has 70 heavy (non-hydrogen) atoms. The Bertz CT molecular complexity index is 1260. The highest BCUT2D eigenvalue weighted by Gasteiger charge is 2.19. The minimum Gasteiger partial charge on any atom is -0.462 e. The summed E-state index contributed by atoms with van der Waals surface area (Å²) in [6, 6.07) is 0. The zero-order chi connectivity index (χ0) is 50.7. The molecule has 0 aliphatic heterocycles. The Hall–Kier alpha value is -2.89. The van der Waals surface area contributed by atoms with Gasteiger partial charge in [0.2, 0.25) is 0 Å². The Kier molecular flexibility index (Phi) is 56.3. The molecule has 0 heterocycles. The lowest BCUT2D eigenvalue weighted by molar-refractivity contribution is -0.167. The highest BCUT2D eigenvalue weighted by Crippen LogP contribution is 2.16. The summed E-state index contributed by atoms with van der Waals surface area (Å²) in [7, 11) is 0. The van der Waals surface area contributed by atoms with Gasteiger partial charge in [-0.05, 0) is 83.5 Å². The van der Waals surface area contributed by atoms with Gasteiger partial charge in [0.25, 0.3) is 0 Å². The van der Waals surface area contributed by atoms with E-state index in [9.17, 15) is 14.4 Å². The van der Waals surface area contributed by atoms with E-state index < -0.39 is 6.10 Å². The van der Waals surface area contributed by atoms with Gasteiger partial charge >= 0.3 is 17.9 Å². The van der Waals surface area contributed by atoms with E-state index in [4.69, 9.17) is 14.2 Å². The molecule has 0 N–H and O–H groups in total. The lowest BCUT2D eigenvalue weighted by Crippen LogP contribution is -2.30. The second-order valence-electron chi connectivity index (χ2n) is 20.3. The van der Waals surface area contributed by atoms with E-state index in [1.54, 1.807) is 0 Å². The van der Waals surface area contributed by atoms with E-state index in [2.05, 4.69) is 81.5 Å². The van der Waals surface area contributed by atoms with Crippen molar-refractivity contribution in [2.45, 2.75) is 316 Å². The van der Waals surface area contributed by atoms with Gasteiger partial charge in [-0.3, -0.25) is 14.4 Å². The van der Waals surface area contributed by atoms with E-state index in [0.29, 0.717) is 19.3 Å². The molecule has 0 aliphatic carbocycles. The summed E-state index contributed by atoms with van der Waals surface area (Å²) in [6.07, 6.45) is 73.6. The minimum atomic E-state index is -0.803. The van der Waals surface area contributed by atoms with Gasteiger partial charge in [-0.25, -0.2) is 0 Å². The second kappa shape index (κ2) is 58.7. The number of hydrogen-bond donors (Lipinski definition) is 0. The topological polar surface area (TPSA) is 78.9 Å². The van der Waals surface area contributed by atoms with Crippen LogP contribution in [0.4, 0.5) is 0 Å². The van der Waals surface area contributed by atoms with Gasteiger partial charge in [-0.1, -0.05) is 268 Å². The van der Waals surface area contributed by atoms with Crippen molar-refractivity contribution >= 4 is 17.9 Å². The minimum absolute atomic E-state index is 0.0943. The Labute approximate surface area is 434 Å². The van der Waals surface area contributed by atoms with Crippen molar-refractivity contribution in [1.29, 1.82) is 0 Å². The maximum absolute atomic E-state index is 12.8. The summed E-state index contributed by atoms with van der Waals surface area (Å²) >= 11 is 0. The summed E-state index contributed by atoms with van der Waals surface area (Å²) in [5.74, 6) is -0.940. The molecule has 0 bridgehead atoms. The standard InChI is InChI=1S/C64H114O6/c1-4-7-10-13-16-19-22-25-28-31-32-34-36-39-42-45-48-51-54-57-63(66)69-60-61(59-68-62(65)56-53-50-47-44-41-38-35-30-27-24-21-18-15-12-9-6-3)70-64(67)58-55-52-49-46-43-40-37-33-29-26-23-20-17-14-11-8-5-2/h17,20,26,29,31-32,37,40,46,49,61H,4-16,18-19,21-25,27-28,30,33-36,38-39,41-45,47-48,50-60H2,1-3H3/b20-17-,29-26-,32-31-,40-37-,49-46-/t61-/m1/s1. The third-order valence-corrected chi connectivity index (χ3v) is 13.2. The van der Waals surface area contributed by atoms with E-state index >= 15 is 0 Å². The number of carbonyl (C=O) groups excluding carboxylic acids is 3. The van der Waals surface area contributed by atoms with Crippen LogP contribution < -0.4 is 0 Å². The van der Waals surface area contributed by atoms with Gasteiger partial charge < -0.3 is 14.2 Å². The van der Waals surface area contributed by atoms with Crippen molar-refractivity contribution < 1.29 is 28.6 Å². The molecule has 0 saturated heterocycles. The monoisotopic (exact) mass is 979 g/mol. The lowest BCUT2D eigenvalue weighted by atomic mass is 10.0. The molecule has 0 amide bonds. The number of rotatable bonds is 55. The van der Waals surface area contributed by atoms with Gasteiger partial charge in [0, 0.05) is 19.3 Å². The van der Waals surface area contributed by atoms with Crippen molar-refractivity contribution in [3.8, 4) is 0 Å². The summed E-state index contributed by atoms with van der Waals surface area (Å²) in [5.41, 5.74) is 0. The fraction of sp³-hybridized carbons (Fsp3) is 0.797. The average molecular weight is 980 g/mol. The number of esters is 3. The highest BCUT2D eigenvalue weighted by molar-refractivity contribution is 5.71. The third kappa shape index (κ3) is 56.0. The van der Waals surface area contributed by atoms with E-state index in [-0.39, 0.29) is 37.5 Å². The Morgan fingerprint density at radius 1 is 0.286 bits per heavy atom. The lowest BCUT2D eigenvalue weighted by Gasteiger charge is -2.18. The van der Waals surface area contributed by atoms with Crippen LogP contribution in [0, 0.1) is 0 Å². The largest absolute Gasteiger partial charge is 0.462 e. The van der Waals surface area contributed by atoms with Crippen LogP contribution >= 0.6 is 0 Å². The Morgan fingerprint density at radius 2 is 0.529 bits per heavy atom. The van der Waals surface area contributed by atoms with Crippen LogP contribution in [-0.4, -0.2) is 37.2 Å². The van der Waals surface area contributed by atoms with Crippen LogP contribution in [0.5, 0.6) is 0 Å². The van der Waals surface area contributed by atoms with Gasteiger partial charge in [0.15, 0.2) is 6.10 Å². The first-order valence-corrected chi connectivity index (χ1v) is 30.3. The predicted octanol–water partition coefficient (Wildman–Crippen LogP) is 20.4. The number of allylic oxidation sites excluding steroid dienone is 10. The van der Waals surface area contributed by atoms with Gasteiger partial charge in [-0.2, -0.15) is 0 Å². The van der Waals surface area contributed by atoms with Crippen LogP contribution in [0.15, 0.2) is 60.8 Å². The molecular formula is C64H114O6.